The molecule has 8 heterocycles. The average Bonchev–Trinajstić information content (AvgIpc) is 3.74. The van der Waals surface area contributed by atoms with Gasteiger partial charge in [-0.2, -0.15) is 9.97 Å². The Balaban J connectivity index is 1.19. The number of likely N-dealkylation sites (tertiary alicyclic amines) is 1. The maximum absolute atomic E-state index is 17.6. The molecule has 4 atom stereocenters. The van der Waals surface area contributed by atoms with E-state index in [4.69, 9.17) is 23.9 Å². The van der Waals surface area contributed by atoms with Crippen LogP contribution in [0.3, 0.4) is 0 Å². The molecule has 314 valence electrons. The lowest BCUT2D eigenvalue weighted by atomic mass is 9.90. The SMILES string of the molecule is COC1CCN(C(=O)Oc2cc3c4c(c(F)ccc4c2)CCCOC(=O)N[C@]2(C)C[C@@H](F)CN(C2)c2nc(OC[C@@]45CCCN4C[C@H](F)C5)nc4c(F)c-3ncc24)CC1. The van der Waals surface area contributed by atoms with E-state index in [9.17, 15) is 14.0 Å². The van der Waals surface area contributed by atoms with E-state index < -0.39 is 47.2 Å². The number of alkyl halides is 2. The maximum Gasteiger partial charge on any atom is 0.415 e. The smallest absolute Gasteiger partial charge is 0.415 e. The van der Waals surface area contributed by atoms with Crippen molar-refractivity contribution < 1.29 is 46.1 Å². The minimum Gasteiger partial charge on any atom is -0.461 e. The summed E-state index contributed by atoms with van der Waals surface area (Å²) >= 11 is 0. The van der Waals surface area contributed by atoms with Crippen LogP contribution >= 0.6 is 0 Å². The Labute approximate surface area is 338 Å². The maximum atomic E-state index is 17.6. The fourth-order valence-corrected chi connectivity index (χ4v) is 9.87. The van der Waals surface area contributed by atoms with Crippen molar-refractivity contribution in [1.29, 1.82) is 0 Å². The number of aromatic nitrogens is 3. The number of fused-ring (bicyclic) bond motifs is 7. The highest BCUT2D eigenvalue weighted by Gasteiger charge is 2.49. The Morgan fingerprint density at radius 1 is 1.05 bits per heavy atom. The number of nitrogens with zero attached hydrogens (tertiary/aromatic N) is 6. The molecule has 4 saturated heterocycles. The Kier molecular flexibility index (Phi) is 10.4. The van der Waals surface area contributed by atoms with Gasteiger partial charge in [-0.15, -0.1) is 0 Å². The van der Waals surface area contributed by atoms with E-state index in [-0.39, 0.29) is 103 Å². The van der Waals surface area contributed by atoms with Crippen molar-refractivity contribution in [1.82, 2.24) is 30.1 Å². The van der Waals surface area contributed by atoms with Gasteiger partial charge in [-0.25, -0.2) is 27.2 Å². The molecule has 6 aliphatic heterocycles. The lowest BCUT2D eigenvalue weighted by molar-refractivity contribution is 0.0435. The quantitative estimate of drug-likeness (QED) is 0.217. The lowest BCUT2D eigenvalue weighted by Gasteiger charge is -2.42. The second-order valence-electron chi connectivity index (χ2n) is 16.9. The highest BCUT2D eigenvalue weighted by molar-refractivity contribution is 6.02. The summed E-state index contributed by atoms with van der Waals surface area (Å²) in [4.78, 5) is 45.7. The predicted molar refractivity (Wildman–Crippen MR) is 209 cm³/mol. The number of ether oxygens (including phenoxy) is 4. The summed E-state index contributed by atoms with van der Waals surface area (Å²) in [5, 5.41) is 3.74. The molecule has 0 unspecified atom stereocenters. The molecule has 10 rings (SSSR count). The number of pyridine rings is 1. The van der Waals surface area contributed by atoms with Gasteiger partial charge in [0, 0.05) is 57.9 Å². The zero-order valence-electron chi connectivity index (χ0n) is 33.1. The van der Waals surface area contributed by atoms with Crippen molar-refractivity contribution in [3.63, 3.8) is 0 Å². The van der Waals surface area contributed by atoms with Crippen molar-refractivity contribution in [2.75, 3.05) is 64.5 Å². The first kappa shape index (κ1) is 39.4. The zero-order chi connectivity index (χ0) is 41.1. The number of methoxy groups -OCH3 is 1. The van der Waals surface area contributed by atoms with Crippen LogP contribution in [-0.2, 0) is 15.9 Å². The van der Waals surface area contributed by atoms with Crippen molar-refractivity contribution >= 4 is 39.7 Å². The summed E-state index contributed by atoms with van der Waals surface area (Å²) in [7, 11) is 1.64. The van der Waals surface area contributed by atoms with E-state index in [0.29, 0.717) is 49.7 Å². The fourth-order valence-electron chi connectivity index (χ4n) is 9.87. The summed E-state index contributed by atoms with van der Waals surface area (Å²) in [6.45, 7) is 3.48. The number of benzene rings is 2. The van der Waals surface area contributed by atoms with Crippen LogP contribution in [0.2, 0.25) is 0 Å². The van der Waals surface area contributed by atoms with Crippen LogP contribution in [0.1, 0.15) is 57.4 Å². The molecular weight excluding hydrogens is 774 g/mol. The third kappa shape index (κ3) is 7.55. The molecule has 13 nitrogen and oxygen atoms in total. The van der Waals surface area contributed by atoms with E-state index in [1.165, 1.54) is 24.4 Å². The number of anilines is 1. The summed E-state index contributed by atoms with van der Waals surface area (Å²) in [6, 6.07) is 5.67. The number of halogens is 4. The van der Waals surface area contributed by atoms with E-state index >= 15 is 13.2 Å². The summed E-state index contributed by atoms with van der Waals surface area (Å²) in [5.41, 5.74) is -1.74. The first-order valence-electron chi connectivity index (χ1n) is 20.4. The van der Waals surface area contributed by atoms with Crippen LogP contribution in [-0.4, -0.2) is 126 Å². The molecule has 4 fully saturated rings. The van der Waals surface area contributed by atoms with Crippen molar-refractivity contribution in [2.24, 2.45) is 0 Å². The first-order valence-corrected chi connectivity index (χ1v) is 20.4. The molecule has 6 bridgehead atoms. The molecule has 0 spiro atoms. The van der Waals surface area contributed by atoms with Crippen LogP contribution in [0.25, 0.3) is 32.9 Å². The van der Waals surface area contributed by atoms with Crippen LogP contribution in [0.5, 0.6) is 11.8 Å². The number of carbonyl (C=O) groups excluding carboxylic acids is 2. The van der Waals surface area contributed by atoms with Crippen molar-refractivity contribution in [3.05, 3.63) is 47.7 Å². The Hall–Kier alpha value is -5.03. The van der Waals surface area contributed by atoms with Gasteiger partial charge in [-0.1, -0.05) is 6.07 Å². The number of amides is 2. The number of aryl methyl sites for hydroxylation is 1. The Morgan fingerprint density at radius 3 is 2.68 bits per heavy atom. The van der Waals surface area contributed by atoms with Gasteiger partial charge in [0.2, 0.25) is 0 Å². The van der Waals surface area contributed by atoms with Gasteiger partial charge in [0.05, 0.1) is 35.7 Å². The van der Waals surface area contributed by atoms with E-state index in [0.717, 1.165) is 13.0 Å². The number of alkyl carbamates (subject to hydrolysis) is 1. The fraction of sp³-hybridized carbons (Fsp3) is 0.548. The average molecular weight is 822 g/mol. The molecule has 2 aromatic heterocycles. The zero-order valence-corrected chi connectivity index (χ0v) is 33.1. The van der Waals surface area contributed by atoms with E-state index in [1.807, 2.05) is 0 Å². The molecule has 59 heavy (non-hydrogen) atoms. The topological polar surface area (TPSA) is 131 Å². The van der Waals surface area contributed by atoms with Crippen LogP contribution in [0, 0.1) is 11.6 Å². The van der Waals surface area contributed by atoms with Gasteiger partial charge < -0.3 is 34.1 Å². The van der Waals surface area contributed by atoms with Gasteiger partial charge in [0.1, 0.15) is 47.5 Å². The van der Waals surface area contributed by atoms with Gasteiger partial charge >= 0.3 is 18.2 Å². The van der Waals surface area contributed by atoms with Gasteiger partial charge in [-0.3, -0.25) is 9.88 Å². The minimum atomic E-state index is -1.42. The lowest BCUT2D eigenvalue weighted by Crippen LogP contribution is -2.60. The molecule has 0 saturated carbocycles. The van der Waals surface area contributed by atoms with Crippen molar-refractivity contribution in [3.8, 4) is 23.0 Å². The molecule has 4 aromatic rings. The third-order valence-electron chi connectivity index (χ3n) is 12.6. The number of carbonyl (C=O) groups is 2. The van der Waals surface area contributed by atoms with Crippen LogP contribution in [0.15, 0.2) is 30.5 Å². The summed E-state index contributed by atoms with van der Waals surface area (Å²) in [6.07, 6.45) is 1.06. The molecule has 0 radical (unpaired) electrons. The standard InChI is InChI=1S/C42H47F4N7O6/c1-41-17-25(43)20-52(22-41)37-31-19-47-35(34(46)36(31)48-38(49-37)58-23-42-10-4-11-53(42)21-26(44)18-42)30-16-28(59-40(55)51-12-8-27(56-2)9-13-51)15-24-6-7-32(45)29(33(24)30)5-3-14-57-39(54)50-41/h6-7,15-16,19,25-27H,3-5,8-14,17-18,20-23H2,1-2H3,(H,50,54)/t25-,26-,41-,42+/m1/s1. The Bertz CT molecular complexity index is 2300. The van der Waals surface area contributed by atoms with E-state index in [1.54, 1.807) is 29.9 Å². The second-order valence-corrected chi connectivity index (χ2v) is 16.9. The molecular formula is C42H47F4N7O6. The molecule has 17 heteroatoms. The predicted octanol–water partition coefficient (Wildman–Crippen LogP) is 6.67. The largest absolute Gasteiger partial charge is 0.461 e. The molecule has 6 aliphatic rings. The number of nitrogens with one attached hydrogen (secondary N) is 1. The highest BCUT2D eigenvalue weighted by Crippen LogP contribution is 2.43. The van der Waals surface area contributed by atoms with Crippen molar-refractivity contribution in [2.45, 2.75) is 87.8 Å². The number of rotatable bonds is 5. The third-order valence-corrected chi connectivity index (χ3v) is 12.6. The molecule has 1 N–H and O–H groups in total. The number of hydrogen-bond donors (Lipinski definition) is 1. The summed E-state index contributed by atoms with van der Waals surface area (Å²) < 4.78 is 87.0. The molecule has 0 aliphatic carbocycles. The van der Waals surface area contributed by atoms with Crippen LogP contribution in [0.4, 0.5) is 33.0 Å². The summed E-state index contributed by atoms with van der Waals surface area (Å²) in [5.74, 6) is -1.24. The minimum absolute atomic E-state index is 0.0225. The van der Waals surface area contributed by atoms with Gasteiger partial charge in [-0.05, 0) is 86.5 Å². The highest BCUT2D eigenvalue weighted by atomic mass is 19.1. The van der Waals surface area contributed by atoms with Gasteiger partial charge in [0.25, 0.3) is 0 Å². The second kappa shape index (κ2) is 15.5. The normalized spacial score (nSPS) is 26.6. The van der Waals surface area contributed by atoms with Gasteiger partial charge in [0.15, 0.2) is 5.82 Å². The monoisotopic (exact) mass is 821 g/mol. The first-order chi connectivity index (χ1) is 28.4. The van der Waals surface area contributed by atoms with E-state index in [2.05, 4.69) is 20.2 Å². The van der Waals surface area contributed by atoms with Crippen LogP contribution < -0.4 is 19.7 Å². The number of hydrogen-bond acceptors (Lipinski definition) is 11. The molecule has 2 amide bonds. The Morgan fingerprint density at radius 2 is 1.86 bits per heavy atom. The number of piperidine rings is 2. The molecule has 2 aromatic carbocycles.